The number of carbonyl (C=O) groups excluding carboxylic acids is 1. The van der Waals surface area contributed by atoms with Crippen molar-refractivity contribution >= 4 is 5.91 Å². The van der Waals surface area contributed by atoms with Crippen molar-refractivity contribution in [2.24, 2.45) is 5.92 Å². The molecule has 1 aromatic carbocycles. The second-order valence-corrected chi connectivity index (χ2v) is 5.98. The quantitative estimate of drug-likeness (QED) is 0.888. The Morgan fingerprint density at radius 2 is 1.95 bits per heavy atom. The van der Waals surface area contributed by atoms with E-state index in [1.54, 1.807) is 0 Å². The van der Waals surface area contributed by atoms with E-state index in [0.29, 0.717) is 18.0 Å². The summed E-state index contributed by atoms with van der Waals surface area (Å²) in [6.07, 6.45) is 6.22. The third kappa shape index (κ3) is 4.26. The minimum absolute atomic E-state index is 0.0369. The molecule has 1 aliphatic rings. The number of rotatable bonds is 5. The fourth-order valence-corrected chi connectivity index (χ4v) is 2.51. The largest absolute Gasteiger partial charge is 0.490 e. The second-order valence-electron chi connectivity index (χ2n) is 5.98. The van der Waals surface area contributed by atoms with Gasteiger partial charge in [-0.05, 0) is 43.7 Å². The van der Waals surface area contributed by atoms with Crippen LogP contribution in [0.3, 0.4) is 0 Å². The van der Waals surface area contributed by atoms with Crippen LogP contribution < -0.4 is 10.1 Å². The number of benzene rings is 1. The van der Waals surface area contributed by atoms with Crippen LogP contribution in [0.5, 0.6) is 5.75 Å². The molecular formula is C17H25NO2. The van der Waals surface area contributed by atoms with E-state index >= 15 is 0 Å². The molecule has 0 heterocycles. The van der Waals surface area contributed by atoms with E-state index in [4.69, 9.17) is 4.74 Å². The Hall–Kier alpha value is -1.51. The standard InChI is InChI=1S/C17H25NO2/c1-13(2)12-18-17(19)15-10-6-7-11-16(15)20-14-8-4-3-5-9-14/h6-7,10-11,13-14H,3-5,8-9,12H2,1-2H3,(H,18,19). The van der Waals surface area contributed by atoms with Gasteiger partial charge in [-0.2, -0.15) is 0 Å². The van der Waals surface area contributed by atoms with Gasteiger partial charge in [0.1, 0.15) is 5.75 Å². The molecule has 0 aromatic heterocycles. The number of hydrogen-bond acceptors (Lipinski definition) is 2. The highest BCUT2D eigenvalue weighted by Crippen LogP contribution is 2.25. The van der Waals surface area contributed by atoms with Crippen LogP contribution in [0, 0.1) is 5.92 Å². The molecule has 0 saturated heterocycles. The van der Waals surface area contributed by atoms with E-state index in [1.807, 2.05) is 24.3 Å². The van der Waals surface area contributed by atoms with Crippen molar-refractivity contribution in [3.05, 3.63) is 29.8 Å². The highest BCUT2D eigenvalue weighted by Gasteiger charge is 2.18. The monoisotopic (exact) mass is 275 g/mol. The Bertz CT molecular complexity index is 436. The zero-order valence-electron chi connectivity index (χ0n) is 12.5. The van der Waals surface area contributed by atoms with Gasteiger partial charge in [0.15, 0.2) is 0 Å². The highest BCUT2D eigenvalue weighted by molar-refractivity contribution is 5.96. The fraction of sp³-hybridized carbons (Fsp3) is 0.588. The maximum Gasteiger partial charge on any atom is 0.255 e. The average Bonchev–Trinajstić information content (AvgIpc) is 2.46. The Morgan fingerprint density at radius 3 is 2.65 bits per heavy atom. The van der Waals surface area contributed by atoms with Crippen molar-refractivity contribution in [3.8, 4) is 5.75 Å². The van der Waals surface area contributed by atoms with Gasteiger partial charge in [0.2, 0.25) is 0 Å². The number of ether oxygens (including phenoxy) is 1. The molecule has 0 atom stereocenters. The summed E-state index contributed by atoms with van der Waals surface area (Å²) in [5.74, 6) is 1.14. The Labute approximate surface area is 121 Å². The van der Waals surface area contributed by atoms with E-state index in [1.165, 1.54) is 19.3 Å². The number of amides is 1. The lowest BCUT2D eigenvalue weighted by molar-refractivity contribution is 0.0937. The Balaban J connectivity index is 2.03. The molecule has 3 nitrogen and oxygen atoms in total. The third-order valence-corrected chi connectivity index (χ3v) is 3.65. The maximum absolute atomic E-state index is 12.2. The molecule has 1 aliphatic carbocycles. The Kier molecular flexibility index (Phi) is 5.45. The van der Waals surface area contributed by atoms with Crippen LogP contribution in [-0.2, 0) is 0 Å². The number of para-hydroxylation sites is 1. The van der Waals surface area contributed by atoms with Gasteiger partial charge in [-0.15, -0.1) is 0 Å². The van der Waals surface area contributed by atoms with Crippen molar-refractivity contribution in [1.82, 2.24) is 5.32 Å². The van der Waals surface area contributed by atoms with Gasteiger partial charge in [0, 0.05) is 6.54 Å². The Morgan fingerprint density at radius 1 is 1.25 bits per heavy atom. The van der Waals surface area contributed by atoms with Gasteiger partial charge in [0.05, 0.1) is 11.7 Å². The summed E-state index contributed by atoms with van der Waals surface area (Å²) in [7, 11) is 0. The van der Waals surface area contributed by atoms with Gasteiger partial charge in [0.25, 0.3) is 5.91 Å². The van der Waals surface area contributed by atoms with Gasteiger partial charge in [-0.3, -0.25) is 4.79 Å². The third-order valence-electron chi connectivity index (χ3n) is 3.65. The zero-order valence-corrected chi connectivity index (χ0v) is 12.5. The van der Waals surface area contributed by atoms with Crippen molar-refractivity contribution in [2.45, 2.75) is 52.1 Å². The first-order chi connectivity index (χ1) is 9.66. The molecule has 20 heavy (non-hydrogen) atoms. The molecule has 0 radical (unpaired) electrons. The van der Waals surface area contributed by atoms with E-state index in [9.17, 15) is 4.79 Å². The number of carbonyl (C=O) groups is 1. The van der Waals surface area contributed by atoms with Gasteiger partial charge in [-0.1, -0.05) is 32.4 Å². The minimum Gasteiger partial charge on any atom is -0.490 e. The molecule has 0 spiro atoms. The van der Waals surface area contributed by atoms with Crippen LogP contribution in [-0.4, -0.2) is 18.6 Å². The molecule has 3 heteroatoms. The van der Waals surface area contributed by atoms with E-state index in [0.717, 1.165) is 18.6 Å². The van der Waals surface area contributed by atoms with E-state index < -0.39 is 0 Å². The van der Waals surface area contributed by atoms with Crippen LogP contribution in [0.4, 0.5) is 0 Å². The molecule has 1 aromatic rings. The van der Waals surface area contributed by atoms with Crippen molar-refractivity contribution in [2.75, 3.05) is 6.54 Å². The van der Waals surface area contributed by atoms with Crippen LogP contribution in [0.2, 0.25) is 0 Å². The molecule has 0 aliphatic heterocycles. The molecule has 110 valence electrons. The fourth-order valence-electron chi connectivity index (χ4n) is 2.51. The summed E-state index contributed by atoms with van der Waals surface area (Å²) < 4.78 is 6.05. The average molecular weight is 275 g/mol. The first kappa shape index (κ1) is 14.9. The molecule has 1 fully saturated rings. The summed E-state index contributed by atoms with van der Waals surface area (Å²) in [5.41, 5.74) is 0.652. The number of hydrogen-bond donors (Lipinski definition) is 1. The van der Waals surface area contributed by atoms with E-state index in [-0.39, 0.29) is 12.0 Å². The van der Waals surface area contributed by atoms with Crippen molar-refractivity contribution in [3.63, 3.8) is 0 Å². The van der Waals surface area contributed by atoms with Crippen molar-refractivity contribution in [1.29, 1.82) is 0 Å². The lowest BCUT2D eigenvalue weighted by Gasteiger charge is -2.24. The minimum atomic E-state index is -0.0369. The summed E-state index contributed by atoms with van der Waals surface area (Å²) in [4.78, 5) is 12.2. The molecule has 0 unspecified atom stereocenters. The van der Waals surface area contributed by atoms with Gasteiger partial charge in [-0.25, -0.2) is 0 Å². The van der Waals surface area contributed by atoms with Crippen LogP contribution >= 0.6 is 0 Å². The van der Waals surface area contributed by atoms with Crippen molar-refractivity contribution < 1.29 is 9.53 Å². The molecule has 2 rings (SSSR count). The summed E-state index contributed by atoms with van der Waals surface area (Å²) in [5, 5.41) is 2.96. The van der Waals surface area contributed by atoms with Crippen LogP contribution in [0.15, 0.2) is 24.3 Å². The molecule has 1 N–H and O–H groups in total. The summed E-state index contributed by atoms with van der Waals surface area (Å²) >= 11 is 0. The van der Waals surface area contributed by atoms with Crippen LogP contribution in [0.25, 0.3) is 0 Å². The second kappa shape index (κ2) is 7.32. The van der Waals surface area contributed by atoms with E-state index in [2.05, 4.69) is 19.2 Å². The molecule has 1 saturated carbocycles. The first-order valence-electron chi connectivity index (χ1n) is 7.70. The molecule has 1 amide bonds. The van der Waals surface area contributed by atoms with Gasteiger partial charge < -0.3 is 10.1 Å². The summed E-state index contributed by atoms with van der Waals surface area (Å²) in [6, 6.07) is 7.56. The summed E-state index contributed by atoms with van der Waals surface area (Å²) in [6.45, 7) is 4.87. The van der Waals surface area contributed by atoms with Crippen LogP contribution in [0.1, 0.15) is 56.3 Å². The SMILES string of the molecule is CC(C)CNC(=O)c1ccccc1OC1CCCCC1. The molecular weight excluding hydrogens is 250 g/mol. The predicted octanol–water partition coefficient (Wildman–Crippen LogP) is 3.78. The smallest absolute Gasteiger partial charge is 0.255 e. The first-order valence-corrected chi connectivity index (χ1v) is 7.70. The predicted molar refractivity (Wildman–Crippen MR) is 81.1 cm³/mol. The van der Waals surface area contributed by atoms with Gasteiger partial charge >= 0.3 is 0 Å². The lowest BCUT2D eigenvalue weighted by Crippen LogP contribution is -2.28. The maximum atomic E-state index is 12.2. The lowest BCUT2D eigenvalue weighted by atomic mass is 9.97. The number of nitrogens with one attached hydrogen (secondary N) is 1. The topological polar surface area (TPSA) is 38.3 Å². The normalized spacial score (nSPS) is 16.1. The highest BCUT2D eigenvalue weighted by atomic mass is 16.5. The zero-order chi connectivity index (χ0) is 14.4. The molecule has 0 bridgehead atoms.